The van der Waals surface area contributed by atoms with Crippen LogP contribution in [0, 0.1) is 11.3 Å². The molecular formula is C23H22N4O3. The van der Waals surface area contributed by atoms with E-state index < -0.39 is 0 Å². The summed E-state index contributed by atoms with van der Waals surface area (Å²) in [5.41, 5.74) is 2.27. The largest absolute Gasteiger partial charge is 0.496 e. The first-order valence-electron chi connectivity index (χ1n) is 9.75. The fraction of sp³-hybridized carbons (Fsp3) is 0.261. The van der Waals surface area contributed by atoms with Gasteiger partial charge < -0.3 is 14.5 Å². The Kier molecular flexibility index (Phi) is 5.25. The van der Waals surface area contributed by atoms with E-state index in [9.17, 15) is 9.59 Å². The molecule has 2 aliphatic heterocycles. The number of ether oxygens (including phenoxy) is 1. The summed E-state index contributed by atoms with van der Waals surface area (Å²) in [7, 11) is 3.59. The average Bonchev–Trinajstić information content (AvgIpc) is 3.04. The maximum Gasteiger partial charge on any atom is 0.282 e. The molecular weight excluding hydrogens is 380 g/mol. The number of rotatable bonds is 4. The first-order valence-corrected chi connectivity index (χ1v) is 9.75. The highest BCUT2D eigenvalue weighted by molar-refractivity contribution is 6.45. The number of likely N-dealkylation sites (N-methyl/N-ethyl adjacent to an activating group) is 1. The van der Waals surface area contributed by atoms with Crippen molar-refractivity contribution in [2.45, 2.75) is 0 Å². The van der Waals surface area contributed by atoms with E-state index >= 15 is 0 Å². The first-order chi connectivity index (χ1) is 14.5. The maximum atomic E-state index is 13.5. The van der Waals surface area contributed by atoms with Gasteiger partial charge in [-0.05, 0) is 37.4 Å². The molecule has 0 saturated carbocycles. The Balaban J connectivity index is 1.83. The number of methoxy groups -OCH3 is 1. The minimum Gasteiger partial charge on any atom is -0.496 e. The monoisotopic (exact) mass is 402 g/mol. The summed E-state index contributed by atoms with van der Waals surface area (Å²) in [6, 6.07) is 15.8. The van der Waals surface area contributed by atoms with E-state index in [1.807, 2.05) is 24.1 Å². The Morgan fingerprint density at radius 3 is 2.23 bits per heavy atom. The van der Waals surface area contributed by atoms with Crippen LogP contribution in [0.4, 0.5) is 5.69 Å². The lowest BCUT2D eigenvalue weighted by Gasteiger charge is -2.34. The van der Waals surface area contributed by atoms with Gasteiger partial charge in [0.05, 0.1) is 30.0 Å². The molecule has 2 aliphatic rings. The van der Waals surface area contributed by atoms with Gasteiger partial charge in [0.25, 0.3) is 11.8 Å². The molecule has 0 atom stereocenters. The molecule has 0 bridgehead atoms. The molecule has 0 aliphatic carbocycles. The van der Waals surface area contributed by atoms with Crippen LogP contribution in [0.25, 0.3) is 5.57 Å². The van der Waals surface area contributed by atoms with Gasteiger partial charge in [-0.1, -0.05) is 18.2 Å². The van der Waals surface area contributed by atoms with Crippen molar-refractivity contribution in [1.29, 1.82) is 5.26 Å². The van der Waals surface area contributed by atoms with Crippen LogP contribution in [0.15, 0.2) is 54.2 Å². The molecule has 0 radical (unpaired) electrons. The lowest BCUT2D eigenvalue weighted by molar-refractivity contribution is -0.120. The normalized spacial score (nSPS) is 17.5. The molecule has 4 rings (SSSR count). The van der Waals surface area contributed by atoms with Gasteiger partial charge >= 0.3 is 0 Å². The number of hydrogen-bond donors (Lipinski definition) is 0. The summed E-state index contributed by atoms with van der Waals surface area (Å²) in [4.78, 5) is 32.4. The van der Waals surface area contributed by atoms with Gasteiger partial charge in [-0.15, -0.1) is 0 Å². The van der Waals surface area contributed by atoms with E-state index in [4.69, 9.17) is 10.00 Å². The predicted octanol–water partition coefficient (Wildman–Crippen LogP) is 2.10. The van der Waals surface area contributed by atoms with Crippen molar-refractivity contribution < 1.29 is 14.3 Å². The zero-order valence-electron chi connectivity index (χ0n) is 17.0. The molecule has 0 unspecified atom stereocenters. The smallest absolute Gasteiger partial charge is 0.282 e. The minimum absolute atomic E-state index is 0.352. The number of imide groups is 1. The summed E-state index contributed by atoms with van der Waals surface area (Å²) < 4.78 is 5.49. The zero-order chi connectivity index (χ0) is 21.3. The van der Waals surface area contributed by atoms with Crippen LogP contribution in [0.2, 0.25) is 0 Å². The molecule has 1 fully saturated rings. The van der Waals surface area contributed by atoms with E-state index in [1.165, 1.54) is 4.90 Å². The van der Waals surface area contributed by atoms with Crippen molar-refractivity contribution in [1.82, 2.24) is 9.80 Å². The van der Waals surface area contributed by atoms with E-state index in [0.29, 0.717) is 46.9 Å². The highest BCUT2D eigenvalue weighted by Crippen LogP contribution is 2.38. The van der Waals surface area contributed by atoms with Crippen molar-refractivity contribution >= 4 is 23.1 Å². The number of para-hydroxylation sites is 1. The number of benzene rings is 2. The summed E-state index contributed by atoms with van der Waals surface area (Å²) in [6.07, 6.45) is 0. The van der Waals surface area contributed by atoms with Crippen LogP contribution >= 0.6 is 0 Å². The molecule has 2 amide bonds. The summed E-state index contributed by atoms with van der Waals surface area (Å²) in [5.74, 6) is -0.194. The Morgan fingerprint density at radius 2 is 1.60 bits per heavy atom. The number of amides is 2. The summed E-state index contributed by atoms with van der Waals surface area (Å²) >= 11 is 0. The summed E-state index contributed by atoms with van der Waals surface area (Å²) in [6.45, 7) is 2.93. The van der Waals surface area contributed by atoms with E-state index in [-0.39, 0.29) is 11.8 Å². The molecule has 30 heavy (non-hydrogen) atoms. The fourth-order valence-electron chi connectivity index (χ4n) is 3.86. The SMILES string of the molecule is COc1ccccc1C1=C(N2CCN(C)CC2)C(=O)N(c2ccc(C#N)cc2)C1=O. The van der Waals surface area contributed by atoms with Gasteiger partial charge in [-0.25, -0.2) is 4.90 Å². The Morgan fingerprint density at radius 1 is 0.933 bits per heavy atom. The number of nitrogens with zero attached hydrogens (tertiary/aromatic N) is 4. The third kappa shape index (κ3) is 3.31. The third-order valence-corrected chi connectivity index (χ3v) is 5.51. The Hall–Kier alpha value is -3.63. The van der Waals surface area contributed by atoms with Gasteiger partial charge in [0.1, 0.15) is 11.4 Å². The molecule has 1 saturated heterocycles. The van der Waals surface area contributed by atoms with E-state index in [2.05, 4.69) is 11.0 Å². The molecule has 2 aromatic rings. The Bertz CT molecular complexity index is 1060. The predicted molar refractivity (Wildman–Crippen MR) is 113 cm³/mol. The molecule has 0 N–H and O–H groups in total. The van der Waals surface area contributed by atoms with Crippen molar-refractivity contribution in [2.24, 2.45) is 0 Å². The quantitative estimate of drug-likeness (QED) is 0.729. The number of carbonyl (C=O) groups excluding carboxylic acids is 2. The second-order valence-electron chi connectivity index (χ2n) is 7.32. The van der Waals surface area contributed by atoms with Crippen LogP contribution in [-0.4, -0.2) is 62.0 Å². The molecule has 0 aromatic heterocycles. The van der Waals surface area contributed by atoms with Gasteiger partial charge in [0.2, 0.25) is 0 Å². The van der Waals surface area contributed by atoms with Crippen molar-refractivity contribution in [3.8, 4) is 11.8 Å². The minimum atomic E-state index is -0.386. The van der Waals surface area contributed by atoms with Gasteiger partial charge in [0.15, 0.2) is 0 Å². The number of nitriles is 1. The standard InChI is InChI=1S/C23H22N4O3/c1-25-11-13-26(14-12-25)21-20(18-5-3-4-6-19(18)30-2)22(28)27(23(21)29)17-9-7-16(15-24)8-10-17/h3-10H,11-14H2,1-2H3. The topological polar surface area (TPSA) is 76.9 Å². The van der Waals surface area contributed by atoms with Crippen molar-refractivity contribution in [3.05, 3.63) is 65.4 Å². The zero-order valence-corrected chi connectivity index (χ0v) is 17.0. The Labute approximate surface area is 175 Å². The van der Waals surface area contributed by atoms with Gasteiger partial charge in [-0.3, -0.25) is 9.59 Å². The van der Waals surface area contributed by atoms with E-state index in [0.717, 1.165) is 13.1 Å². The second-order valence-corrected chi connectivity index (χ2v) is 7.32. The van der Waals surface area contributed by atoms with Crippen LogP contribution in [-0.2, 0) is 9.59 Å². The second kappa shape index (κ2) is 8.01. The lowest BCUT2D eigenvalue weighted by atomic mass is 10.0. The van der Waals surface area contributed by atoms with Crippen LogP contribution < -0.4 is 9.64 Å². The van der Waals surface area contributed by atoms with Crippen molar-refractivity contribution in [3.63, 3.8) is 0 Å². The lowest BCUT2D eigenvalue weighted by Crippen LogP contribution is -2.46. The van der Waals surface area contributed by atoms with E-state index in [1.54, 1.807) is 43.5 Å². The maximum absolute atomic E-state index is 13.5. The van der Waals surface area contributed by atoms with Gasteiger partial charge in [-0.2, -0.15) is 5.26 Å². The molecule has 7 nitrogen and oxygen atoms in total. The number of carbonyl (C=O) groups is 2. The summed E-state index contributed by atoms with van der Waals surface area (Å²) in [5, 5.41) is 9.05. The van der Waals surface area contributed by atoms with Crippen LogP contribution in [0.5, 0.6) is 5.75 Å². The first kappa shape index (κ1) is 19.7. The fourth-order valence-corrected chi connectivity index (χ4v) is 3.86. The number of piperazine rings is 1. The highest BCUT2D eigenvalue weighted by Gasteiger charge is 2.43. The molecule has 2 aromatic carbocycles. The number of hydrogen-bond acceptors (Lipinski definition) is 6. The van der Waals surface area contributed by atoms with Crippen molar-refractivity contribution in [2.75, 3.05) is 45.2 Å². The molecule has 7 heteroatoms. The third-order valence-electron chi connectivity index (χ3n) is 5.51. The molecule has 152 valence electrons. The molecule has 2 heterocycles. The van der Waals surface area contributed by atoms with Crippen LogP contribution in [0.3, 0.4) is 0 Å². The van der Waals surface area contributed by atoms with Crippen LogP contribution in [0.1, 0.15) is 11.1 Å². The average molecular weight is 402 g/mol. The number of anilines is 1. The molecule has 0 spiro atoms. The van der Waals surface area contributed by atoms with Gasteiger partial charge in [0, 0.05) is 31.7 Å². The highest BCUT2D eigenvalue weighted by atomic mass is 16.5.